The molecule has 0 radical (unpaired) electrons. The quantitative estimate of drug-likeness (QED) is 0.848. The average Bonchev–Trinajstić information content (AvgIpc) is 2.17. The Morgan fingerprint density at radius 3 is 2.35 bits per heavy atom. The molecule has 0 aliphatic carbocycles. The van der Waals surface area contributed by atoms with Crippen molar-refractivity contribution in [2.24, 2.45) is 0 Å². The molecular weight excluding hydrogens is 210 g/mol. The lowest BCUT2D eigenvalue weighted by molar-refractivity contribution is 0.0450. The predicted octanol–water partition coefficient (Wildman–Crippen LogP) is 2.55. The van der Waals surface area contributed by atoms with Crippen LogP contribution in [-0.4, -0.2) is 35.7 Å². The normalized spacial score (nSPS) is 12.2. The van der Waals surface area contributed by atoms with Gasteiger partial charge in [0, 0.05) is 13.1 Å². The molecule has 17 heavy (non-hydrogen) atoms. The molecule has 0 aromatic heterocycles. The van der Waals surface area contributed by atoms with Gasteiger partial charge in [-0.3, -0.25) is 0 Å². The molecule has 0 saturated heterocycles. The van der Waals surface area contributed by atoms with Gasteiger partial charge in [-0.15, -0.1) is 0 Å². The van der Waals surface area contributed by atoms with Crippen LogP contribution in [0.2, 0.25) is 0 Å². The Hall–Kier alpha value is -0.860. The van der Waals surface area contributed by atoms with Crippen LogP contribution in [0.1, 0.15) is 30.5 Å². The molecule has 1 rings (SSSR count). The Bertz CT molecular complexity index is 366. The number of rotatable bonds is 5. The van der Waals surface area contributed by atoms with E-state index in [4.69, 9.17) is 0 Å². The maximum absolute atomic E-state index is 9.72. The van der Waals surface area contributed by atoms with Crippen LogP contribution in [-0.2, 0) is 6.42 Å². The van der Waals surface area contributed by atoms with Crippen LogP contribution in [0.3, 0.4) is 0 Å². The molecule has 2 heteroatoms. The fourth-order valence-corrected chi connectivity index (χ4v) is 2.02. The second kappa shape index (κ2) is 5.65. The molecular formula is C15H25NO. The maximum Gasteiger partial charge on any atom is 0.0718 e. The fraction of sp³-hybridized carbons (Fsp3) is 0.600. The summed E-state index contributed by atoms with van der Waals surface area (Å²) in [6.07, 6.45) is 1.04. The van der Waals surface area contributed by atoms with E-state index in [0.29, 0.717) is 6.54 Å². The van der Waals surface area contributed by atoms with Gasteiger partial charge in [0.05, 0.1) is 5.60 Å². The molecule has 0 bridgehead atoms. The summed E-state index contributed by atoms with van der Waals surface area (Å²) in [5.74, 6) is 0. The minimum Gasteiger partial charge on any atom is -0.389 e. The predicted molar refractivity (Wildman–Crippen MR) is 73.4 cm³/mol. The zero-order chi connectivity index (χ0) is 13.1. The van der Waals surface area contributed by atoms with Gasteiger partial charge in [-0.2, -0.15) is 0 Å². The van der Waals surface area contributed by atoms with Gasteiger partial charge in [0.1, 0.15) is 0 Å². The minimum absolute atomic E-state index is 0.613. The van der Waals surface area contributed by atoms with Crippen LogP contribution in [0.25, 0.3) is 0 Å². The summed E-state index contributed by atoms with van der Waals surface area (Å²) in [5, 5.41) is 9.72. The van der Waals surface area contributed by atoms with Crippen molar-refractivity contribution in [1.29, 1.82) is 0 Å². The average molecular weight is 235 g/mol. The van der Waals surface area contributed by atoms with E-state index in [1.807, 2.05) is 13.8 Å². The van der Waals surface area contributed by atoms with Gasteiger partial charge in [0.25, 0.3) is 0 Å². The molecule has 1 aromatic rings. The van der Waals surface area contributed by atoms with Crippen molar-refractivity contribution in [3.8, 4) is 0 Å². The molecule has 0 fully saturated rings. The third-order valence-electron chi connectivity index (χ3n) is 3.01. The summed E-state index contributed by atoms with van der Waals surface area (Å²) in [5.41, 5.74) is 3.46. The lowest BCUT2D eigenvalue weighted by Crippen LogP contribution is -2.37. The van der Waals surface area contributed by atoms with Crippen molar-refractivity contribution < 1.29 is 5.11 Å². The van der Waals surface area contributed by atoms with Crippen molar-refractivity contribution in [1.82, 2.24) is 4.90 Å². The summed E-state index contributed by atoms with van der Waals surface area (Å²) in [6, 6.07) is 6.63. The second-order valence-corrected chi connectivity index (χ2v) is 5.72. The molecule has 96 valence electrons. The standard InChI is InChI=1S/C15H25NO/c1-12-6-7-14(10-13(12)2)8-9-16(5)11-15(3,4)17/h6-7,10,17H,8-9,11H2,1-5H3. The Balaban J connectivity index is 2.47. The fourth-order valence-electron chi connectivity index (χ4n) is 2.02. The van der Waals surface area contributed by atoms with Crippen LogP contribution < -0.4 is 0 Å². The summed E-state index contributed by atoms with van der Waals surface area (Å²) in [6.45, 7) is 9.67. The molecule has 0 aliphatic rings. The Labute approximate surface area is 105 Å². The number of aliphatic hydroxyl groups is 1. The topological polar surface area (TPSA) is 23.5 Å². The van der Waals surface area contributed by atoms with E-state index in [2.05, 4.69) is 44.0 Å². The Kier molecular flexibility index (Phi) is 4.72. The molecule has 0 atom stereocenters. The highest BCUT2D eigenvalue weighted by atomic mass is 16.3. The molecule has 2 nitrogen and oxygen atoms in total. The highest BCUT2D eigenvalue weighted by Crippen LogP contribution is 2.11. The van der Waals surface area contributed by atoms with E-state index in [1.165, 1.54) is 16.7 Å². The maximum atomic E-state index is 9.72. The Morgan fingerprint density at radius 2 is 1.82 bits per heavy atom. The van der Waals surface area contributed by atoms with Gasteiger partial charge in [0.2, 0.25) is 0 Å². The number of benzene rings is 1. The third kappa shape index (κ3) is 5.33. The molecule has 0 amide bonds. The molecule has 1 aromatic carbocycles. The van der Waals surface area contributed by atoms with Crippen molar-refractivity contribution in [2.45, 2.75) is 39.7 Å². The first-order valence-corrected chi connectivity index (χ1v) is 6.25. The van der Waals surface area contributed by atoms with Crippen LogP contribution >= 0.6 is 0 Å². The van der Waals surface area contributed by atoms with Crippen LogP contribution in [0.15, 0.2) is 18.2 Å². The van der Waals surface area contributed by atoms with Crippen molar-refractivity contribution in [3.63, 3.8) is 0 Å². The van der Waals surface area contributed by atoms with E-state index in [-0.39, 0.29) is 0 Å². The SMILES string of the molecule is Cc1ccc(CCN(C)CC(C)(C)O)cc1C. The minimum atomic E-state index is -0.613. The Morgan fingerprint density at radius 1 is 1.18 bits per heavy atom. The van der Waals surface area contributed by atoms with E-state index in [9.17, 15) is 5.11 Å². The zero-order valence-corrected chi connectivity index (χ0v) is 11.7. The van der Waals surface area contributed by atoms with Crippen molar-refractivity contribution >= 4 is 0 Å². The smallest absolute Gasteiger partial charge is 0.0718 e. The van der Waals surface area contributed by atoms with Gasteiger partial charge < -0.3 is 10.0 Å². The summed E-state index contributed by atoms with van der Waals surface area (Å²) in [4.78, 5) is 2.18. The van der Waals surface area contributed by atoms with Gasteiger partial charge in [-0.05, 0) is 57.9 Å². The first-order chi connectivity index (χ1) is 7.78. The van der Waals surface area contributed by atoms with E-state index in [0.717, 1.165) is 13.0 Å². The summed E-state index contributed by atoms with van der Waals surface area (Å²) < 4.78 is 0. The number of nitrogens with zero attached hydrogens (tertiary/aromatic N) is 1. The van der Waals surface area contributed by atoms with Gasteiger partial charge in [-0.25, -0.2) is 0 Å². The monoisotopic (exact) mass is 235 g/mol. The molecule has 1 N–H and O–H groups in total. The lowest BCUT2D eigenvalue weighted by atomic mass is 10.0. The van der Waals surface area contributed by atoms with Crippen LogP contribution in [0.4, 0.5) is 0 Å². The summed E-state index contributed by atoms with van der Waals surface area (Å²) in [7, 11) is 2.05. The zero-order valence-electron chi connectivity index (χ0n) is 11.7. The van der Waals surface area contributed by atoms with Crippen molar-refractivity contribution in [3.05, 3.63) is 34.9 Å². The van der Waals surface area contributed by atoms with E-state index >= 15 is 0 Å². The first kappa shape index (κ1) is 14.2. The van der Waals surface area contributed by atoms with E-state index in [1.54, 1.807) is 0 Å². The number of hydrogen-bond acceptors (Lipinski definition) is 2. The van der Waals surface area contributed by atoms with Gasteiger partial charge in [0.15, 0.2) is 0 Å². The molecule has 0 heterocycles. The number of hydrogen-bond donors (Lipinski definition) is 1. The third-order valence-corrected chi connectivity index (χ3v) is 3.01. The number of likely N-dealkylation sites (N-methyl/N-ethyl adjacent to an activating group) is 1. The first-order valence-electron chi connectivity index (χ1n) is 6.25. The van der Waals surface area contributed by atoms with Gasteiger partial charge >= 0.3 is 0 Å². The molecule has 0 saturated carbocycles. The largest absolute Gasteiger partial charge is 0.389 e. The van der Waals surface area contributed by atoms with Crippen LogP contribution in [0, 0.1) is 13.8 Å². The van der Waals surface area contributed by atoms with Crippen LogP contribution in [0.5, 0.6) is 0 Å². The molecule has 0 aliphatic heterocycles. The van der Waals surface area contributed by atoms with Crippen molar-refractivity contribution in [2.75, 3.05) is 20.1 Å². The number of aryl methyl sites for hydroxylation is 2. The summed E-state index contributed by atoms with van der Waals surface area (Å²) >= 11 is 0. The van der Waals surface area contributed by atoms with Gasteiger partial charge in [-0.1, -0.05) is 18.2 Å². The van der Waals surface area contributed by atoms with E-state index < -0.39 is 5.60 Å². The highest BCUT2D eigenvalue weighted by molar-refractivity contribution is 5.30. The lowest BCUT2D eigenvalue weighted by Gasteiger charge is -2.25. The second-order valence-electron chi connectivity index (χ2n) is 5.72. The molecule has 0 spiro atoms. The molecule has 0 unspecified atom stereocenters. The highest BCUT2D eigenvalue weighted by Gasteiger charge is 2.15.